The Balaban J connectivity index is 1.33. The van der Waals surface area contributed by atoms with Crippen LogP contribution < -0.4 is 5.32 Å². The summed E-state index contributed by atoms with van der Waals surface area (Å²) >= 11 is 1.36. The number of thiazole rings is 1. The van der Waals surface area contributed by atoms with Crippen LogP contribution in [0, 0.1) is 42.7 Å². The summed E-state index contributed by atoms with van der Waals surface area (Å²) in [7, 11) is 2.00. The monoisotopic (exact) mass is 622 g/mol. The molecule has 0 spiro atoms. The zero-order chi connectivity index (χ0) is 31.7. The van der Waals surface area contributed by atoms with E-state index in [4.69, 9.17) is 0 Å². The van der Waals surface area contributed by atoms with Gasteiger partial charge in [0.15, 0.2) is 16.6 Å². The first-order valence-corrected chi connectivity index (χ1v) is 15.6. The molecule has 4 atom stereocenters. The van der Waals surface area contributed by atoms with Gasteiger partial charge in [0.25, 0.3) is 5.91 Å². The number of nitrogens with zero attached hydrogens (tertiary/aromatic N) is 3. The van der Waals surface area contributed by atoms with E-state index in [1.165, 1.54) is 22.3 Å². The number of carboxylic acids is 1. The minimum Gasteiger partial charge on any atom is -0.481 e. The van der Waals surface area contributed by atoms with Crippen molar-refractivity contribution < 1.29 is 28.3 Å². The van der Waals surface area contributed by atoms with E-state index < -0.39 is 42.0 Å². The molecule has 0 bridgehead atoms. The Bertz CT molecular complexity index is 1670. The van der Waals surface area contributed by atoms with Crippen molar-refractivity contribution >= 4 is 29.1 Å². The summed E-state index contributed by atoms with van der Waals surface area (Å²) in [5.74, 6) is -4.61. The number of nitrogens with one attached hydrogen (secondary N) is 1. The molecule has 2 aromatic carbocycles. The fourth-order valence-electron chi connectivity index (χ4n) is 7.29. The molecule has 1 saturated carbocycles. The lowest BCUT2D eigenvalue weighted by Crippen LogP contribution is -2.50. The van der Waals surface area contributed by atoms with Gasteiger partial charge in [-0.15, -0.1) is 11.3 Å². The molecule has 1 aliphatic carbocycles. The van der Waals surface area contributed by atoms with Gasteiger partial charge in [0.2, 0.25) is 5.91 Å². The molecule has 232 valence electrons. The summed E-state index contributed by atoms with van der Waals surface area (Å²) in [5, 5.41) is 12.8. The zero-order valence-electron chi connectivity index (χ0n) is 25.4. The molecule has 8 nitrogen and oxygen atoms in total. The van der Waals surface area contributed by atoms with Crippen LogP contribution >= 0.6 is 11.3 Å². The van der Waals surface area contributed by atoms with Crippen LogP contribution in [0.15, 0.2) is 30.3 Å². The van der Waals surface area contributed by atoms with Crippen molar-refractivity contribution in [2.75, 3.05) is 20.1 Å². The number of amides is 2. The number of aromatic nitrogens is 1. The summed E-state index contributed by atoms with van der Waals surface area (Å²) in [4.78, 5) is 49.2. The van der Waals surface area contributed by atoms with Crippen LogP contribution in [0.5, 0.6) is 0 Å². The predicted octanol–water partition coefficient (Wildman–Crippen LogP) is 5.12. The average Bonchev–Trinajstić information content (AvgIpc) is 3.31. The number of aryl methyl sites for hydroxylation is 2. The second-order valence-electron chi connectivity index (χ2n) is 13.0. The fraction of sp³-hybridized carbons (Fsp3) is 0.455. The van der Waals surface area contributed by atoms with Crippen molar-refractivity contribution in [2.45, 2.75) is 59.2 Å². The van der Waals surface area contributed by atoms with E-state index in [-0.39, 0.29) is 28.7 Å². The minimum atomic E-state index is -1.36. The highest BCUT2D eigenvalue weighted by Crippen LogP contribution is 2.65. The Hall–Kier alpha value is -3.70. The maximum atomic E-state index is 15.4. The third kappa shape index (κ3) is 5.19. The van der Waals surface area contributed by atoms with E-state index in [1.54, 1.807) is 0 Å². The summed E-state index contributed by atoms with van der Waals surface area (Å²) in [6.07, 6.45) is 0.141. The lowest BCUT2D eigenvalue weighted by Gasteiger charge is -2.31. The zero-order valence-corrected chi connectivity index (χ0v) is 26.2. The van der Waals surface area contributed by atoms with E-state index in [2.05, 4.69) is 15.2 Å². The molecule has 3 heterocycles. The van der Waals surface area contributed by atoms with Gasteiger partial charge < -0.3 is 20.2 Å². The fourth-order valence-corrected chi connectivity index (χ4v) is 8.30. The number of halogens is 2. The van der Waals surface area contributed by atoms with Crippen molar-refractivity contribution in [3.05, 3.63) is 74.2 Å². The number of likely N-dealkylation sites (N-methyl/N-ethyl adjacent to an activating group) is 1. The molecule has 3 aromatic rings. The molecule has 2 amide bonds. The SMILES string of the molecule is Cc1cccc(C)c1-c1cc(F)c(F)c(C(CC(=O)O)NC(=O)[C@@H]2C3C(CN2C(=O)c2nc4c(s2)CCN(C)C4)C3(C)C)c1. The molecule has 2 N–H and O–H groups in total. The molecule has 0 radical (unpaired) electrons. The van der Waals surface area contributed by atoms with Crippen LogP contribution in [0.4, 0.5) is 8.78 Å². The molecule has 6 rings (SSSR count). The highest BCUT2D eigenvalue weighted by atomic mass is 32.1. The van der Waals surface area contributed by atoms with Gasteiger partial charge in [0.1, 0.15) is 6.04 Å². The maximum absolute atomic E-state index is 15.4. The van der Waals surface area contributed by atoms with E-state index in [9.17, 15) is 19.5 Å². The van der Waals surface area contributed by atoms with E-state index in [0.717, 1.165) is 40.7 Å². The van der Waals surface area contributed by atoms with E-state index >= 15 is 8.78 Å². The standard InChI is InChI=1S/C33H36F2N4O4S/c1-16-7-6-8-17(2)26(16)18-11-19(28(35)21(34)12-18)22(13-25(40)41)36-30(42)29-27-20(33(27,3)4)14-39(29)32(43)31-37-23-15-38(5)10-9-24(23)44-31/h6-8,11-12,20,22,27,29H,9-10,13-15H2,1-5H3,(H,36,42)(H,40,41)/t20?,22?,27?,29-/m0/s1. The van der Waals surface area contributed by atoms with Crippen molar-refractivity contribution in [1.29, 1.82) is 0 Å². The molecular formula is C33H36F2N4O4S. The van der Waals surface area contributed by atoms with Gasteiger partial charge in [0, 0.05) is 30.1 Å². The van der Waals surface area contributed by atoms with Crippen LogP contribution in [0.1, 0.15) is 63.4 Å². The van der Waals surface area contributed by atoms with Gasteiger partial charge in [-0.05, 0) is 79.0 Å². The van der Waals surface area contributed by atoms with Crippen LogP contribution in [0.25, 0.3) is 11.1 Å². The second-order valence-corrected chi connectivity index (χ2v) is 14.1. The molecule has 3 aliphatic rings. The molecule has 1 saturated heterocycles. The van der Waals surface area contributed by atoms with E-state index in [0.29, 0.717) is 29.2 Å². The lowest BCUT2D eigenvalue weighted by atomic mass is 9.92. The smallest absolute Gasteiger partial charge is 0.305 e. The largest absolute Gasteiger partial charge is 0.481 e. The minimum absolute atomic E-state index is 0.0855. The van der Waals surface area contributed by atoms with Crippen molar-refractivity contribution in [3.8, 4) is 11.1 Å². The van der Waals surface area contributed by atoms with Gasteiger partial charge in [-0.25, -0.2) is 13.8 Å². The first kappa shape index (κ1) is 30.3. The number of carboxylic acid groups (broad SMARTS) is 1. The summed E-state index contributed by atoms with van der Waals surface area (Å²) in [5.41, 5.74) is 3.21. The number of piperidine rings is 1. The van der Waals surface area contributed by atoms with Crippen LogP contribution in [-0.2, 0) is 22.6 Å². The molecule has 2 aliphatic heterocycles. The number of likely N-dealkylation sites (tertiary alicyclic amines) is 1. The third-order valence-corrected chi connectivity index (χ3v) is 10.9. The molecular weight excluding hydrogens is 586 g/mol. The summed E-state index contributed by atoms with van der Waals surface area (Å²) in [6, 6.07) is 5.83. The number of fused-ring (bicyclic) bond motifs is 2. The second kappa shape index (κ2) is 11.0. The number of carbonyl (C=O) groups excluding carboxylic acids is 2. The topological polar surface area (TPSA) is 103 Å². The van der Waals surface area contributed by atoms with Crippen molar-refractivity contribution in [2.24, 2.45) is 17.3 Å². The molecule has 44 heavy (non-hydrogen) atoms. The number of rotatable bonds is 7. The van der Waals surface area contributed by atoms with Gasteiger partial charge >= 0.3 is 5.97 Å². The molecule has 11 heteroatoms. The lowest BCUT2D eigenvalue weighted by molar-refractivity contribution is -0.138. The van der Waals surface area contributed by atoms with Crippen molar-refractivity contribution in [3.63, 3.8) is 0 Å². The molecule has 1 aromatic heterocycles. The highest BCUT2D eigenvalue weighted by molar-refractivity contribution is 7.13. The average molecular weight is 623 g/mol. The number of hydrogen-bond donors (Lipinski definition) is 2. The van der Waals surface area contributed by atoms with Gasteiger partial charge in [-0.2, -0.15) is 0 Å². The number of carbonyl (C=O) groups is 3. The Kier molecular flexibility index (Phi) is 7.60. The summed E-state index contributed by atoms with van der Waals surface area (Å²) < 4.78 is 30.5. The number of aliphatic carboxylic acids is 1. The van der Waals surface area contributed by atoms with E-state index in [1.807, 2.05) is 52.9 Å². The van der Waals surface area contributed by atoms with Gasteiger partial charge in [0.05, 0.1) is 18.2 Å². The Labute approximate surface area is 259 Å². The Morgan fingerprint density at radius 2 is 1.89 bits per heavy atom. The number of benzene rings is 2. The summed E-state index contributed by atoms with van der Waals surface area (Å²) in [6.45, 7) is 9.70. The van der Waals surface area contributed by atoms with Gasteiger partial charge in [-0.1, -0.05) is 32.0 Å². The normalized spacial score (nSPS) is 22.7. The number of hydrogen-bond acceptors (Lipinski definition) is 6. The third-order valence-electron chi connectivity index (χ3n) is 9.74. The Morgan fingerprint density at radius 3 is 2.57 bits per heavy atom. The Morgan fingerprint density at radius 1 is 1.18 bits per heavy atom. The molecule has 2 fully saturated rings. The van der Waals surface area contributed by atoms with Crippen LogP contribution in [-0.4, -0.2) is 63.9 Å². The quantitative estimate of drug-likeness (QED) is 0.379. The van der Waals surface area contributed by atoms with Crippen LogP contribution in [0.3, 0.4) is 0 Å². The first-order valence-electron chi connectivity index (χ1n) is 14.8. The predicted molar refractivity (Wildman–Crippen MR) is 162 cm³/mol. The first-order chi connectivity index (χ1) is 20.8. The highest BCUT2D eigenvalue weighted by Gasteiger charge is 2.69. The molecule has 3 unspecified atom stereocenters. The maximum Gasteiger partial charge on any atom is 0.305 e. The van der Waals surface area contributed by atoms with Crippen molar-refractivity contribution in [1.82, 2.24) is 20.1 Å². The van der Waals surface area contributed by atoms with Gasteiger partial charge in [-0.3, -0.25) is 14.4 Å². The van der Waals surface area contributed by atoms with Crippen LogP contribution in [0.2, 0.25) is 0 Å².